The molecule has 0 atom stereocenters. The van der Waals surface area contributed by atoms with Gasteiger partial charge in [-0.25, -0.2) is 4.79 Å². The number of amides is 1. The Hall–Kier alpha value is -2.22. The molecule has 0 aromatic carbocycles. The summed E-state index contributed by atoms with van der Waals surface area (Å²) in [6.45, 7) is 14.3. The Morgan fingerprint density at radius 3 is 2.57 bits per heavy atom. The third-order valence-electron chi connectivity index (χ3n) is 3.40. The van der Waals surface area contributed by atoms with E-state index in [1.165, 1.54) is 0 Å². The summed E-state index contributed by atoms with van der Waals surface area (Å²) in [5.41, 5.74) is -1.06. The van der Waals surface area contributed by atoms with Crippen LogP contribution in [0.5, 0.6) is 0 Å². The molecule has 0 aliphatic rings. The number of aliphatic imine (C=N–C) groups is 1. The molecule has 8 nitrogen and oxygen atoms in total. The van der Waals surface area contributed by atoms with Crippen molar-refractivity contribution < 1.29 is 18.7 Å². The average Bonchev–Trinajstić information content (AvgIpc) is 3.06. The first-order valence-electron chi connectivity index (χ1n) is 9.75. The van der Waals surface area contributed by atoms with Gasteiger partial charge in [0.25, 0.3) is 0 Å². The van der Waals surface area contributed by atoms with Crippen molar-refractivity contribution in [3.8, 4) is 0 Å². The predicted molar refractivity (Wildman–Crippen MR) is 110 cm³/mol. The van der Waals surface area contributed by atoms with Crippen LogP contribution in [-0.4, -0.2) is 49.4 Å². The largest absolute Gasteiger partial charge is 0.467 e. The minimum atomic E-state index is -0.531. The van der Waals surface area contributed by atoms with Crippen LogP contribution in [0.1, 0.15) is 53.7 Å². The van der Waals surface area contributed by atoms with Crippen LogP contribution >= 0.6 is 0 Å². The maximum Gasteiger partial charge on any atom is 0.408 e. The van der Waals surface area contributed by atoms with Gasteiger partial charge in [0.15, 0.2) is 5.96 Å². The van der Waals surface area contributed by atoms with Crippen molar-refractivity contribution in [3.63, 3.8) is 0 Å². The lowest BCUT2D eigenvalue weighted by molar-refractivity contribution is 0.0476. The number of rotatable bonds is 10. The molecule has 3 N–H and O–H groups in total. The van der Waals surface area contributed by atoms with Crippen molar-refractivity contribution in [2.45, 2.75) is 65.7 Å². The molecular formula is C20H36N4O4. The van der Waals surface area contributed by atoms with Gasteiger partial charge in [-0.2, -0.15) is 0 Å². The first-order chi connectivity index (χ1) is 13.1. The number of carbonyl (C=O) groups excluding carboxylic acids is 1. The first-order valence-corrected chi connectivity index (χ1v) is 9.75. The third kappa shape index (κ3) is 11.5. The monoisotopic (exact) mass is 396 g/mol. The Morgan fingerprint density at radius 2 is 1.96 bits per heavy atom. The molecule has 1 aromatic heterocycles. The Morgan fingerprint density at radius 1 is 1.21 bits per heavy atom. The molecule has 1 rings (SSSR count). The lowest BCUT2D eigenvalue weighted by atomic mass is 10.1. The van der Waals surface area contributed by atoms with Crippen LogP contribution in [0.3, 0.4) is 0 Å². The van der Waals surface area contributed by atoms with Crippen LogP contribution in [0.15, 0.2) is 27.8 Å². The van der Waals surface area contributed by atoms with Gasteiger partial charge in [0.2, 0.25) is 0 Å². The van der Waals surface area contributed by atoms with E-state index in [4.69, 9.17) is 13.9 Å². The second kappa shape index (κ2) is 11.6. The topological polar surface area (TPSA) is 97.1 Å². The number of hydrogen-bond acceptors (Lipinski definition) is 5. The standard InChI is InChI=1S/C20H36N4O4/c1-7-21-17(22-11-9-12-26-14-16-10-8-13-27-16)23-15-20(5,6)24-18(25)28-19(2,3)4/h8,10,13H,7,9,11-12,14-15H2,1-6H3,(H,24,25)(H2,21,22,23). The second-order valence-corrected chi connectivity index (χ2v) is 8.12. The molecule has 0 fully saturated rings. The molecule has 0 aliphatic carbocycles. The zero-order chi connectivity index (χ0) is 21.0. The molecule has 28 heavy (non-hydrogen) atoms. The number of guanidine groups is 1. The number of furan rings is 1. The normalized spacial score (nSPS) is 12.6. The fourth-order valence-electron chi connectivity index (χ4n) is 2.19. The third-order valence-corrected chi connectivity index (χ3v) is 3.40. The highest BCUT2D eigenvalue weighted by Gasteiger charge is 2.24. The van der Waals surface area contributed by atoms with Gasteiger partial charge in [-0.3, -0.25) is 4.99 Å². The molecule has 0 unspecified atom stereocenters. The van der Waals surface area contributed by atoms with Gasteiger partial charge in [0.1, 0.15) is 18.0 Å². The van der Waals surface area contributed by atoms with E-state index >= 15 is 0 Å². The van der Waals surface area contributed by atoms with Gasteiger partial charge in [-0.15, -0.1) is 0 Å². The minimum Gasteiger partial charge on any atom is -0.467 e. The predicted octanol–water partition coefficient (Wildman–Crippen LogP) is 3.04. The Bertz CT molecular complexity index is 592. The Kier molecular flexibility index (Phi) is 9.85. The summed E-state index contributed by atoms with van der Waals surface area (Å²) < 4.78 is 16.1. The van der Waals surface area contributed by atoms with E-state index in [9.17, 15) is 4.79 Å². The van der Waals surface area contributed by atoms with Crippen molar-refractivity contribution in [1.82, 2.24) is 16.0 Å². The highest BCUT2D eigenvalue weighted by Crippen LogP contribution is 2.09. The fraction of sp³-hybridized carbons (Fsp3) is 0.700. The Labute approximate surface area is 168 Å². The van der Waals surface area contributed by atoms with Gasteiger partial charge in [-0.05, 0) is 60.1 Å². The molecule has 0 radical (unpaired) electrons. The highest BCUT2D eigenvalue weighted by atomic mass is 16.6. The first kappa shape index (κ1) is 23.8. The molecular weight excluding hydrogens is 360 g/mol. The van der Waals surface area contributed by atoms with Crippen molar-refractivity contribution in [2.75, 3.05) is 26.2 Å². The van der Waals surface area contributed by atoms with Crippen LogP contribution in [0.2, 0.25) is 0 Å². The lowest BCUT2D eigenvalue weighted by Gasteiger charge is -2.27. The number of nitrogens with zero attached hydrogens (tertiary/aromatic N) is 1. The van der Waals surface area contributed by atoms with Crippen molar-refractivity contribution in [2.24, 2.45) is 4.99 Å². The molecule has 1 amide bonds. The van der Waals surface area contributed by atoms with Crippen LogP contribution in [0, 0.1) is 0 Å². The number of ether oxygens (including phenoxy) is 2. The van der Waals surface area contributed by atoms with Crippen LogP contribution in [0.4, 0.5) is 4.79 Å². The molecule has 1 aromatic rings. The summed E-state index contributed by atoms with van der Waals surface area (Å²) in [7, 11) is 0. The SMILES string of the molecule is CCNC(=NCC(C)(C)NC(=O)OC(C)(C)C)NCCCOCc1ccco1. The van der Waals surface area contributed by atoms with Gasteiger partial charge in [0, 0.05) is 19.7 Å². The van der Waals surface area contributed by atoms with E-state index < -0.39 is 17.2 Å². The van der Waals surface area contributed by atoms with Crippen molar-refractivity contribution in [3.05, 3.63) is 24.2 Å². The van der Waals surface area contributed by atoms with Gasteiger partial charge in [0.05, 0.1) is 18.3 Å². The number of nitrogens with one attached hydrogen (secondary N) is 3. The van der Waals surface area contributed by atoms with E-state index in [0.717, 1.165) is 25.3 Å². The zero-order valence-corrected chi connectivity index (χ0v) is 18.1. The van der Waals surface area contributed by atoms with E-state index in [-0.39, 0.29) is 0 Å². The summed E-state index contributed by atoms with van der Waals surface area (Å²) in [6, 6.07) is 3.74. The van der Waals surface area contributed by atoms with E-state index in [1.54, 1.807) is 6.26 Å². The highest BCUT2D eigenvalue weighted by molar-refractivity contribution is 5.79. The maximum atomic E-state index is 12.0. The molecule has 0 bridgehead atoms. The lowest BCUT2D eigenvalue weighted by Crippen LogP contribution is -2.49. The van der Waals surface area contributed by atoms with E-state index in [2.05, 4.69) is 20.9 Å². The molecule has 1 heterocycles. The van der Waals surface area contributed by atoms with E-state index in [0.29, 0.717) is 25.7 Å². The molecule has 0 saturated carbocycles. The van der Waals surface area contributed by atoms with E-state index in [1.807, 2.05) is 53.7 Å². The van der Waals surface area contributed by atoms with Crippen molar-refractivity contribution >= 4 is 12.1 Å². The van der Waals surface area contributed by atoms with Gasteiger partial charge < -0.3 is 29.8 Å². The number of alkyl carbamates (subject to hydrolysis) is 1. The number of hydrogen-bond donors (Lipinski definition) is 3. The summed E-state index contributed by atoms with van der Waals surface area (Å²) in [5, 5.41) is 9.32. The summed E-state index contributed by atoms with van der Waals surface area (Å²) in [4.78, 5) is 16.5. The average molecular weight is 397 g/mol. The quantitative estimate of drug-likeness (QED) is 0.319. The molecule has 160 valence electrons. The summed E-state index contributed by atoms with van der Waals surface area (Å²) in [5.74, 6) is 1.52. The summed E-state index contributed by atoms with van der Waals surface area (Å²) >= 11 is 0. The van der Waals surface area contributed by atoms with Crippen LogP contribution in [0.25, 0.3) is 0 Å². The fourth-order valence-corrected chi connectivity index (χ4v) is 2.19. The zero-order valence-electron chi connectivity index (χ0n) is 18.1. The van der Waals surface area contributed by atoms with Gasteiger partial charge >= 0.3 is 6.09 Å². The maximum absolute atomic E-state index is 12.0. The smallest absolute Gasteiger partial charge is 0.408 e. The number of carbonyl (C=O) groups is 1. The molecule has 8 heteroatoms. The van der Waals surface area contributed by atoms with Crippen LogP contribution < -0.4 is 16.0 Å². The van der Waals surface area contributed by atoms with Crippen molar-refractivity contribution in [1.29, 1.82) is 0 Å². The minimum absolute atomic E-state index is 0.413. The van der Waals surface area contributed by atoms with Gasteiger partial charge in [-0.1, -0.05) is 0 Å². The van der Waals surface area contributed by atoms with Crippen LogP contribution in [-0.2, 0) is 16.1 Å². The Balaban J connectivity index is 2.35. The second-order valence-electron chi connectivity index (χ2n) is 8.12. The summed E-state index contributed by atoms with van der Waals surface area (Å²) in [6.07, 6.45) is 2.03. The molecule has 0 saturated heterocycles. The molecule has 0 spiro atoms. The molecule has 0 aliphatic heterocycles.